The number of carbonyl (C=O) groups is 1. The SMILES string of the molecule is CC#CC(=O)Nc1c(Cl)n(CC#Cc2cccc(O)c2)c(=O)n(C)c1=O. The summed E-state index contributed by atoms with van der Waals surface area (Å²) in [6.45, 7) is 1.35. The average Bonchev–Trinajstić information content (AvgIpc) is 2.60. The van der Waals surface area contributed by atoms with Crippen LogP contribution in [0.1, 0.15) is 12.5 Å². The highest BCUT2D eigenvalue weighted by atomic mass is 35.5. The number of aromatic nitrogens is 2. The highest BCUT2D eigenvalue weighted by Gasteiger charge is 2.17. The highest BCUT2D eigenvalue weighted by Crippen LogP contribution is 2.15. The first-order chi connectivity index (χ1) is 12.3. The van der Waals surface area contributed by atoms with E-state index in [0.29, 0.717) is 5.56 Å². The van der Waals surface area contributed by atoms with Gasteiger partial charge < -0.3 is 10.4 Å². The molecule has 1 aromatic carbocycles. The van der Waals surface area contributed by atoms with Crippen molar-refractivity contribution in [1.82, 2.24) is 9.13 Å². The van der Waals surface area contributed by atoms with Gasteiger partial charge in [0.15, 0.2) is 0 Å². The number of halogens is 1. The van der Waals surface area contributed by atoms with E-state index >= 15 is 0 Å². The molecule has 7 nitrogen and oxygen atoms in total. The summed E-state index contributed by atoms with van der Waals surface area (Å²) in [5, 5.41) is 11.5. The van der Waals surface area contributed by atoms with Gasteiger partial charge in [0, 0.05) is 12.6 Å². The number of phenols is 1. The molecule has 2 rings (SSSR count). The third kappa shape index (κ3) is 4.15. The van der Waals surface area contributed by atoms with Crippen LogP contribution in [0.4, 0.5) is 5.69 Å². The smallest absolute Gasteiger partial charge is 0.332 e. The number of amides is 1. The highest BCUT2D eigenvalue weighted by molar-refractivity contribution is 6.32. The molecule has 0 fully saturated rings. The van der Waals surface area contributed by atoms with E-state index in [-0.39, 0.29) is 23.1 Å². The topological polar surface area (TPSA) is 93.3 Å². The molecule has 0 radical (unpaired) electrons. The molecule has 132 valence electrons. The van der Waals surface area contributed by atoms with Crippen LogP contribution in [0.3, 0.4) is 0 Å². The molecule has 0 atom stereocenters. The first-order valence-electron chi connectivity index (χ1n) is 7.36. The van der Waals surface area contributed by atoms with Gasteiger partial charge in [0.2, 0.25) is 0 Å². The lowest BCUT2D eigenvalue weighted by atomic mass is 10.2. The monoisotopic (exact) mass is 371 g/mol. The summed E-state index contributed by atoms with van der Waals surface area (Å²) in [4.78, 5) is 36.1. The first kappa shape index (κ1) is 18.9. The van der Waals surface area contributed by atoms with Crippen molar-refractivity contribution in [2.75, 3.05) is 5.32 Å². The van der Waals surface area contributed by atoms with Gasteiger partial charge >= 0.3 is 5.69 Å². The Kier molecular flexibility index (Phi) is 5.90. The molecule has 26 heavy (non-hydrogen) atoms. The Bertz CT molecular complexity index is 1110. The molecule has 0 spiro atoms. The number of hydrogen-bond acceptors (Lipinski definition) is 4. The summed E-state index contributed by atoms with van der Waals surface area (Å²) >= 11 is 6.12. The lowest BCUT2D eigenvalue weighted by molar-refractivity contribution is -0.111. The van der Waals surface area contributed by atoms with Crippen LogP contribution in [0.25, 0.3) is 0 Å². The van der Waals surface area contributed by atoms with E-state index < -0.39 is 17.2 Å². The van der Waals surface area contributed by atoms with Crippen molar-refractivity contribution in [3.63, 3.8) is 0 Å². The Morgan fingerprint density at radius 2 is 2.08 bits per heavy atom. The van der Waals surface area contributed by atoms with Crippen molar-refractivity contribution in [3.05, 3.63) is 55.8 Å². The molecule has 1 heterocycles. The lowest BCUT2D eigenvalue weighted by Gasteiger charge is -2.11. The van der Waals surface area contributed by atoms with E-state index in [1.54, 1.807) is 12.1 Å². The van der Waals surface area contributed by atoms with Gasteiger partial charge in [-0.15, -0.1) is 0 Å². The van der Waals surface area contributed by atoms with E-state index in [4.69, 9.17) is 11.6 Å². The summed E-state index contributed by atoms with van der Waals surface area (Å²) in [7, 11) is 1.27. The van der Waals surface area contributed by atoms with E-state index in [1.807, 2.05) is 0 Å². The van der Waals surface area contributed by atoms with Gasteiger partial charge in [-0.2, -0.15) is 0 Å². The van der Waals surface area contributed by atoms with Gasteiger partial charge in [-0.3, -0.25) is 18.7 Å². The standard InChI is InChI=1S/C18H14ClN3O4/c1-3-6-14(24)20-15-16(19)22(18(26)21(2)17(15)25)10-5-8-12-7-4-9-13(23)11-12/h4,7,9,11,23H,10H2,1-2H3,(H,20,24). The number of hydrogen-bond donors (Lipinski definition) is 2. The summed E-state index contributed by atoms with van der Waals surface area (Å²) in [5.74, 6) is 9.49. The number of rotatable bonds is 2. The first-order valence-corrected chi connectivity index (χ1v) is 7.74. The van der Waals surface area contributed by atoms with Gasteiger partial charge in [-0.05, 0) is 31.0 Å². The van der Waals surface area contributed by atoms with Crippen LogP contribution in [0.5, 0.6) is 5.75 Å². The van der Waals surface area contributed by atoms with Crippen LogP contribution < -0.4 is 16.6 Å². The molecule has 0 aliphatic heterocycles. The molecule has 0 aliphatic carbocycles. The molecular weight excluding hydrogens is 358 g/mol. The van der Waals surface area contributed by atoms with Crippen molar-refractivity contribution in [3.8, 4) is 29.4 Å². The predicted octanol–water partition coefficient (Wildman–Crippen LogP) is 0.919. The average molecular weight is 372 g/mol. The Balaban J connectivity index is 2.44. The fraction of sp³-hybridized carbons (Fsp3) is 0.167. The molecule has 2 aromatic rings. The minimum absolute atomic E-state index is 0.0659. The van der Waals surface area contributed by atoms with Crippen LogP contribution >= 0.6 is 11.6 Å². The Morgan fingerprint density at radius 3 is 2.73 bits per heavy atom. The van der Waals surface area contributed by atoms with E-state index in [2.05, 4.69) is 29.0 Å². The molecule has 1 amide bonds. The molecule has 1 aromatic heterocycles. The zero-order valence-corrected chi connectivity index (χ0v) is 14.7. The minimum Gasteiger partial charge on any atom is -0.508 e. The normalized spacial score (nSPS) is 9.50. The summed E-state index contributed by atoms with van der Waals surface area (Å²) < 4.78 is 1.87. The third-order valence-electron chi connectivity index (χ3n) is 3.27. The third-order valence-corrected chi connectivity index (χ3v) is 3.67. The van der Waals surface area contributed by atoms with Crippen molar-refractivity contribution in [1.29, 1.82) is 0 Å². The molecule has 0 unspecified atom stereocenters. The zero-order valence-electron chi connectivity index (χ0n) is 14.0. The largest absolute Gasteiger partial charge is 0.508 e. The van der Waals surface area contributed by atoms with Crippen LogP contribution in [0.15, 0.2) is 33.9 Å². The number of benzene rings is 1. The second-order valence-corrected chi connectivity index (χ2v) is 5.44. The van der Waals surface area contributed by atoms with Crippen LogP contribution in [0, 0.1) is 23.7 Å². The van der Waals surface area contributed by atoms with Gasteiger partial charge in [-0.25, -0.2) is 4.79 Å². The summed E-state index contributed by atoms with van der Waals surface area (Å²) in [5.41, 5.74) is -1.13. The number of anilines is 1. The van der Waals surface area contributed by atoms with Crippen molar-refractivity contribution in [2.45, 2.75) is 13.5 Å². The maximum absolute atomic E-state index is 12.3. The molecule has 2 N–H and O–H groups in total. The number of carbonyl (C=O) groups excluding carboxylic acids is 1. The fourth-order valence-electron chi connectivity index (χ4n) is 2.05. The maximum atomic E-state index is 12.3. The Labute approximate surface area is 153 Å². The van der Waals surface area contributed by atoms with Crippen molar-refractivity contribution >= 4 is 23.2 Å². The van der Waals surface area contributed by atoms with E-state index in [1.165, 1.54) is 26.1 Å². The molecule has 8 heteroatoms. The second-order valence-electron chi connectivity index (χ2n) is 5.08. The Morgan fingerprint density at radius 1 is 1.35 bits per heavy atom. The van der Waals surface area contributed by atoms with Crippen LogP contribution in [-0.4, -0.2) is 20.1 Å². The van der Waals surface area contributed by atoms with Crippen molar-refractivity contribution < 1.29 is 9.90 Å². The van der Waals surface area contributed by atoms with Crippen LogP contribution in [-0.2, 0) is 18.4 Å². The second kappa shape index (κ2) is 8.11. The number of nitrogens with zero attached hydrogens (tertiary/aromatic N) is 2. The lowest BCUT2D eigenvalue weighted by Crippen LogP contribution is -2.40. The molecule has 0 aliphatic rings. The minimum atomic E-state index is -0.747. The van der Waals surface area contributed by atoms with E-state index in [0.717, 1.165) is 9.13 Å². The Hall–Kier alpha value is -3.42. The van der Waals surface area contributed by atoms with Crippen molar-refractivity contribution in [2.24, 2.45) is 7.05 Å². The quantitative estimate of drug-likeness (QED) is 0.606. The molecule has 0 saturated carbocycles. The number of nitrogens with one attached hydrogen (secondary N) is 1. The number of phenolic OH excluding ortho intramolecular Hbond substituents is 1. The zero-order chi connectivity index (χ0) is 19.3. The summed E-state index contributed by atoms with van der Waals surface area (Å²) in [6.07, 6.45) is 0. The molecular formula is C18H14ClN3O4. The van der Waals surface area contributed by atoms with E-state index in [9.17, 15) is 19.5 Å². The molecule has 0 saturated heterocycles. The van der Waals surface area contributed by atoms with Gasteiger partial charge in [0.1, 0.15) is 16.6 Å². The summed E-state index contributed by atoms with van der Waals surface area (Å²) in [6, 6.07) is 6.29. The van der Waals surface area contributed by atoms with Gasteiger partial charge in [-0.1, -0.05) is 35.4 Å². The maximum Gasteiger partial charge on any atom is 0.332 e. The van der Waals surface area contributed by atoms with Crippen LogP contribution in [0.2, 0.25) is 5.15 Å². The fourth-order valence-corrected chi connectivity index (χ4v) is 2.31. The predicted molar refractivity (Wildman–Crippen MR) is 98.0 cm³/mol. The number of aromatic hydroxyl groups is 1. The molecule has 0 bridgehead atoms. The van der Waals surface area contributed by atoms with Gasteiger partial charge in [0.25, 0.3) is 11.5 Å². The van der Waals surface area contributed by atoms with Gasteiger partial charge in [0.05, 0.1) is 6.54 Å².